The monoisotopic (exact) mass is 289 g/mol. The van der Waals surface area contributed by atoms with Gasteiger partial charge in [-0.2, -0.15) is 0 Å². The zero-order chi connectivity index (χ0) is 15.5. The highest BCUT2D eigenvalue weighted by atomic mass is 16.5. The number of aromatic nitrogens is 3. The van der Waals surface area contributed by atoms with Crippen LogP contribution in [0.2, 0.25) is 0 Å². The lowest BCUT2D eigenvalue weighted by Crippen LogP contribution is -2.15. The van der Waals surface area contributed by atoms with Gasteiger partial charge in [-0.3, -0.25) is 0 Å². The zero-order valence-electron chi connectivity index (χ0n) is 13.1. The fourth-order valence-corrected chi connectivity index (χ4v) is 2.40. The molecule has 2 aromatic rings. The minimum absolute atomic E-state index is 0.00794. The largest absolute Gasteiger partial charge is 0.388 e. The molecule has 0 saturated heterocycles. The lowest BCUT2D eigenvalue weighted by atomic mass is 9.83. The van der Waals surface area contributed by atoms with E-state index in [1.165, 1.54) is 5.56 Å². The first-order chi connectivity index (χ1) is 9.99. The van der Waals surface area contributed by atoms with Crippen molar-refractivity contribution in [3.63, 3.8) is 0 Å². The number of aliphatic hydroxyl groups is 1. The number of hydrogen-bond donors (Lipinski definition) is 1. The molecule has 5 heteroatoms. The van der Waals surface area contributed by atoms with Crippen LogP contribution in [0.15, 0.2) is 24.3 Å². The van der Waals surface area contributed by atoms with Gasteiger partial charge >= 0.3 is 0 Å². The number of hydrogen-bond acceptors (Lipinski definition) is 4. The molecule has 1 N–H and O–H groups in total. The van der Waals surface area contributed by atoms with Crippen LogP contribution in [-0.2, 0) is 23.3 Å². The minimum atomic E-state index is -0.131. The Hall–Kier alpha value is -1.72. The Labute approximate surface area is 125 Å². The second-order valence-corrected chi connectivity index (χ2v) is 6.04. The van der Waals surface area contributed by atoms with Crippen LogP contribution in [0, 0.1) is 0 Å². The molecule has 0 fully saturated rings. The molecule has 0 aliphatic carbocycles. The molecule has 21 heavy (non-hydrogen) atoms. The Kier molecular flexibility index (Phi) is 4.75. The molecule has 1 heterocycles. The maximum absolute atomic E-state index is 9.44. The van der Waals surface area contributed by atoms with Crippen molar-refractivity contribution in [3.8, 4) is 11.4 Å². The topological polar surface area (TPSA) is 60.2 Å². The van der Waals surface area contributed by atoms with Gasteiger partial charge in [0.05, 0.1) is 6.61 Å². The van der Waals surface area contributed by atoms with Crippen molar-refractivity contribution in [1.82, 2.24) is 14.8 Å². The molecule has 0 radical (unpaired) electrons. The van der Waals surface area contributed by atoms with Crippen LogP contribution in [0.5, 0.6) is 0 Å². The van der Waals surface area contributed by atoms with Crippen LogP contribution < -0.4 is 0 Å². The second kappa shape index (κ2) is 6.37. The fourth-order valence-electron chi connectivity index (χ4n) is 2.40. The quantitative estimate of drug-likeness (QED) is 0.918. The Bertz CT molecular complexity index is 600. The van der Waals surface area contributed by atoms with Gasteiger partial charge in [0.25, 0.3) is 0 Å². The molecular formula is C16H23N3O2. The van der Waals surface area contributed by atoms with E-state index in [0.29, 0.717) is 19.0 Å². The summed E-state index contributed by atoms with van der Waals surface area (Å²) >= 11 is 0. The van der Waals surface area contributed by atoms with E-state index in [1.807, 2.05) is 16.7 Å². The summed E-state index contributed by atoms with van der Waals surface area (Å²) in [6, 6.07) is 8.20. The molecule has 114 valence electrons. The molecule has 1 aromatic heterocycles. The van der Waals surface area contributed by atoms with E-state index in [-0.39, 0.29) is 12.0 Å². The highest BCUT2D eigenvalue weighted by Crippen LogP contribution is 2.32. The first-order valence-corrected chi connectivity index (χ1v) is 7.10. The van der Waals surface area contributed by atoms with E-state index < -0.39 is 0 Å². The van der Waals surface area contributed by atoms with Crippen LogP contribution in [0.1, 0.15) is 32.2 Å². The lowest BCUT2D eigenvalue weighted by Gasteiger charge is -2.22. The van der Waals surface area contributed by atoms with Gasteiger partial charge in [-0.15, -0.1) is 10.2 Å². The summed E-state index contributed by atoms with van der Waals surface area (Å²) in [5, 5.41) is 17.8. The smallest absolute Gasteiger partial charge is 0.164 e. The predicted octanol–water partition coefficient (Wildman–Crippen LogP) is 2.38. The normalized spacial score (nSPS) is 11.9. The van der Waals surface area contributed by atoms with E-state index in [0.717, 1.165) is 11.4 Å². The van der Waals surface area contributed by atoms with Crippen molar-refractivity contribution in [2.45, 2.75) is 39.3 Å². The van der Waals surface area contributed by atoms with E-state index >= 15 is 0 Å². The van der Waals surface area contributed by atoms with Crippen molar-refractivity contribution in [1.29, 1.82) is 0 Å². The summed E-state index contributed by atoms with van der Waals surface area (Å²) in [5.74, 6) is 1.34. The lowest BCUT2D eigenvalue weighted by molar-refractivity contribution is 0.183. The molecule has 0 atom stereocenters. The Morgan fingerprint density at radius 2 is 1.90 bits per heavy atom. The van der Waals surface area contributed by atoms with Crippen LogP contribution in [0.3, 0.4) is 0 Å². The summed E-state index contributed by atoms with van der Waals surface area (Å²) in [6.45, 7) is 7.56. The fraction of sp³-hybridized carbons (Fsp3) is 0.500. The molecule has 0 bridgehead atoms. The minimum Gasteiger partial charge on any atom is -0.388 e. The maximum atomic E-state index is 9.44. The van der Waals surface area contributed by atoms with Crippen molar-refractivity contribution in [3.05, 3.63) is 35.7 Å². The molecule has 0 saturated carbocycles. The summed E-state index contributed by atoms with van der Waals surface area (Å²) in [5.41, 5.74) is 2.27. The van der Waals surface area contributed by atoms with Gasteiger partial charge in [0.2, 0.25) is 0 Å². The highest BCUT2D eigenvalue weighted by Gasteiger charge is 2.22. The third-order valence-corrected chi connectivity index (χ3v) is 3.46. The predicted molar refractivity (Wildman–Crippen MR) is 82.0 cm³/mol. The first kappa shape index (κ1) is 15.7. The molecule has 0 aliphatic heterocycles. The standard InChI is InChI=1S/C16H23N3O2/c1-16(2,3)13-8-6-5-7-12(13)15-18-17-14(11-20)19(15)9-10-21-4/h5-8,20H,9-11H2,1-4H3. The highest BCUT2D eigenvalue weighted by molar-refractivity contribution is 5.62. The molecular weight excluding hydrogens is 266 g/mol. The molecule has 5 nitrogen and oxygen atoms in total. The van der Waals surface area contributed by atoms with Gasteiger partial charge in [0.1, 0.15) is 6.61 Å². The van der Waals surface area contributed by atoms with Gasteiger partial charge in [-0.25, -0.2) is 0 Å². The molecule has 0 aliphatic rings. The van der Waals surface area contributed by atoms with Crippen molar-refractivity contribution in [2.75, 3.05) is 13.7 Å². The van der Waals surface area contributed by atoms with Crippen LogP contribution in [-0.4, -0.2) is 33.6 Å². The van der Waals surface area contributed by atoms with Gasteiger partial charge in [0, 0.05) is 19.2 Å². The van der Waals surface area contributed by atoms with Gasteiger partial charge < -0.3 is 14.4 Å². The molecule has 2 rings (SSSR count). The molecule has 0 unspecified atom stereocenters. The van der Waals surface area contributed by atoms with Gasteiger partial charge in [-0.05, 0) is 11.0 Å². The number of benzene rings is 1. The van der Waals surface area contributed by atoms with Gasteiger partial charge in [-0.1, -0.05) is 45.0 Å². The van der Waals surface area contributed by atoms with Crippen molar-refractivity contribution < 1.29 is 9.84 Å². The summed E-state index contributed by atoms with van der Waals surface area (Å²) in [7, 11) is 1.66. The van der Waals surface area contributed by atoms with Crippen LogP contribution in [0.25, 0.3) is 11.4 Å². The number of rotatable bonds is 5. The third kappa shape index (κ3) is 3.31. The van der Waals surface area contributed by atoms with E-state index in [1.54, 1.807) is 7.11 Å². The average Bonchev–Trinajstić information content (AvgIpc) is 2.86. The van der Waals surface area contributed by atoms with Crippen LogP contribution in [0.4, 0.5) is 0 Å². The number of methoxy groups -OCH3 is 1. The summed E-state index contributed by atoms with van der Waals surface area (Å²) in [4.78, 5) is 0. The maximum Gasteiger partial charge on any atom is 0.164 e. The Balaban J connectivity index is 2.54. The molecule has 0 spiro atoms. The first-order valence-electron chi connectivity index (χ1n) is 7.10. The van der Waals surface area contributed by atoms with E-state index in [4.69, 9.17) is 4.74 Å². The number of nitrogens with zero attached hydrogens (tertiary/aromatic N) is 3. The Morgan fingerprint density at radius 3 is 2.52 bits per heavy atom. The zero-order valence-corrected chi connectivity index (χ0v) is 13.1. The van der Waals surface area contributed by atoms with E-state index in [2.05, 4.69) is 43.1 Å². The average molecular weight is 289 g/mol. The van der Waals surface area contributed by atoms with Gasteiger partial charge in [0.15, 0.2) is 11.6 Å². The van der Waals surface area contributed by atoms with Crippen molar-refractivity contribution in [2.24, 2.45) is 0 Å². The molecule has 1 aromatic carbocycles. The summed E-state index contributed by atoms with van der Waals surface area (Å²) < 4.78 is 7.07. The third-order valence-electron chi connectivity index (χ3n) is 3.46. The summed E-state index contributed by atoms with van der Waals surface area (Å²) in [6.07, 6.45) is 0. The van der Waals surface area contributed by atoms with Crippen LogP contribution >= 0.6 is 0 Å². The van der Waals surface area contributed by atoms with E-state index in [9.17, 15) is 5.11 Å². The number of aliphatic hydroxyl groups excluding tert-OH is 1. The molecule has 0 amide bonds. The SMILES string of the molecule is COCCn1c(CO)nnc1-c1ccccc1C(C)(C)C. The van der Waals surface area contributed by atoms with Crippen molar-refractivity contribution >= 4 is 0 Å². The second-order valence-electron chi connectivity index (χ2n) is 6.04. The number of ether oxygens (including phenoxy) is 1. The Morgan fingerprint density at radius 1 is 1.19 bits per heavy atom.